The number of nitrogens with zero attached hydrogens (tertiary/aromatic N) is 3. The Bertz CT molecular complexity index is 506. The van der Waals surface area contributed by atoms with Crippen molar-refractivity contribution < 1.29 is 4.79 Å². The van der Waals surface area contributed by atoms with E-state index >= 15 is 0 Å². The first-order valence-corrected chi connectivity index (χ1v) is 6.58. The smallest absolute Gasteiger partial charge is 0.274 e. The SMILES string of the molecule is CN(Cc1cccs1)C(=O)c1cn(CCN)cn1. The summed E-state index contributed by atoms with van der Waals surface area (Å²) in [7, 11) is 1.78. The highest BCUT2D eigenvalue weighted by Gasteiger charge is 2.15. The van der Waals surface area contributed by atoms with Gasteiger partial charge in [0.15, 0.2) is 0 Å². The maximum Gasteiger partial charge on any atom is 0.274 e. The number of nitrogens with two attached hydrogens (primary N) is 1. The van der Waals surface area contributed by atoms with E-state index in [-0.39, 0.29) is 5.91 Å². The van der Waals surface area contributed by atoms with Crippen LogP contribution in [0.5, 0.6) is 0 Å². The molecule has 0 fully saturated rings. The summed E-state index contributed by atoms with van der Waals surface area (Å²) in [5.74, 6) is -0.0702. The van der Waals surface area contributed by atoms with Gasteiger partial charge in [0.25, 0.3) is 5.91 Å². The third-order valence-electron chi connectivity index (χ3n) is 2.56. The summed E-state index contributed by atoms with van der Waals surface area (Å²) in [6, 6.07) is 4.00. The molecule has 0 bridgehead atoms. The first-order chi connectivity index (χ1) is 8.70. The average Bonchev–Trinajstić information content (AvgIpc) is 3.00. The van der Waals surface area contributed by atoms with Crippen molar-refractivity contribution in [1.29, 1.82) is 0 Å². The molecule has 2 aromatic heterocycles. The maximum atomic E-state index is 12.1. The van der Waals surface area contributed by atoms with E-state index in [4.69, 9.17) is 5.73 Å². The highest BCUT2D eigenvalue weighted by molar-refractivity contribution is 7.09. The van der Waals surface area contributed by atoms with Crippen LogP contribution in [0.15, 0.2) is 30.0 Å². The van der Waals surface area contributed by atoms with Gasteiger partial charge in [0.1, 0.15) is 5.69 Å². The lowest BCUT2D eigenvalue weighted by molar-refractivity contribution is 0.0781. The Morgan fingerprint density at radius 2 is 2.44 bits per heavy atom. The van der Waals surface area contributed by atoms with Gasteiger partial charge in [0.2, 0.25) is 0 Å². The summed E-state index contributed by atoms with van der Waals surface area (Å²) in [6.07, 6.45) is 3.37. The molecule has 0 aliphatic rings. The van der Waals surface area contributed by atoms with Gasteiger partial charge in [-0.25, -0.2) is 4.98 Å². The quantitative estimate of drug-likeness (QED) is 0.882. The van der Waals surface area contributed by atoms with Crippen LogP contribution in [0.3, 0.4) is 0 Å². The number of carbonyl (C=O) groups is 1. The normalized spacial score (nSPS) is 10.6. The molecule has 0 saturated heterocycles. The van der Waals surface area contributed by atoms with Crippen LogP contribution in [-0.4, -0.2) is 34.0 Å². The van der Waals surface area contributed by atoms with E-state index in [0.29, 0.717) is 25.3 Å². The van der Waals surface area contributed by atoms with Crippen LogP contribution in [0.25, 0.3) is 0 Å². The lowest BCUT2D eigenvalue weighted by atomic mass is 10.3. The topological polar surface area (TPSA) is 64.2 Å². The average molecular weight is 264 g/mol. The second-order valence-corrected chi connectivity index (χ2v) is 5.06. The fourth-order valence-corrected chi connectivity index (χ4v) is 2.40. The van der Waals surface area contributed by atoms with E-state index < -0.39 is 0 Å². The highest BCUT2D eigenvalue weighted by Crippen LogP contribution is 2.12. The number of hydrogen-bond acceptors (Lipinski definition) is 4. The first-order valence-electron chi connectivity index (χ1n) is 5.70. The van der Waals surface area contributed by atoms with Gasteiger partial charge in [-0.2, -0.15) is 0 Å². The Morgan fingerprint density at radius 3 is 3.11 bits per heavy atom. The van der Waals surface area contributed by atoms with Crippen molar-refractivity contribution in [3.05, 3.63) is 40.6 Å². The molecule has 0 saturated carbocycles. The van der Waals surface area contributed by atoms with Gasteiger partial charge >= 0.3 is 0 Å². The summed E-state index contributed by atoms with van der Waals surface area (Å²) in [6.45, 7) is 1.82. The molecule has 2 N–H and O–H groups in total. The molecular weight excluding hydrogens is 248 g/mol. The molecule has 1 amide bonds. The molecule has 0 unspecified atom stereocenters. The van der Waals surface area contributed by atoms with Crippen LogP contribution in [0, 0.1) is 0 Å². The van der Waals surface area contributed by atoms with Crippen LogP contribution in [0.4, 0.5) is 0 Å². The summed E-state index contributed by atoms with van der Waals surface area (Å²) >= 11 is 1.64. The third kappa shape index (κ3) is 2.96. The van der Waals surface area contributed by atoms with Crippen LogP contribution in [0.2, 0.25) is 0 Å². The van der Waals surface area contributed by atoms with E-state index in [9.17, 15) is 4.79 Å². The van der Waals surface area contributed by atoms with Crippen molar-refractivity contribution in [2.24, 2.45) is 5.73 Å². The minimum atomic E-state index is -0.0702. The Kier molecular flexibility index (Phi) is 4.11. The van der Waals surface area contributed by atoms with Crippen molar-refractivity contribution in [2.75, 3.05) is 13.6 Å². The Morgan fingerprint density at radius 1 is 1.61 bits per heavy atom. The summed E-state index contributed by atoms with van der Waals surface area (Å²) in [5, 5.41) is 2.00. The molecule has 0 aliphatic heterocycles. The molecule has 0 aliphatic carbocycles. The van der Waals surface area contributed by atoms with Gasteiger partial charge in [-0.1, -0.05) is 6.07 Å². The van der Waals surface area contributed by atoms with Crippen molar-refractivity contribution in [3.63, 3.8) is 0 Å². The standard InChI is InChI=1S/C12H16N4OS/c1-15(7-10-3-2-6-18-10)12(17)11-8-16(5-4-13)9-14-11/h2-3,6,8-9H,4-5,7,13H2,1H3. The molecule has 96 valence electrons. The van der Waals surface area contributed by atoms with Gasteiger partial charge in [-0.3, -0.25) is 4.79 Å². The van der Waals surface area contributed by atoms with E-state index in [1.165, 1.54) is 0 Å². The predicted octanol–water partition coefficient (Wildman–Crippen LogP) is 1.18. The Labute approximate surface area is 110 Å². The summed E-state index contributed by atoms with van der Waals surface area (Å²) in [5.41, 5.74) is 5.91. The number of carbonyl (C=O) groups excluding carboxylic acids is 1. The third-order valence-corrected chi connectivity index (χ3v) is 3.42. The van der Waals surface area contributed by atoms with Crippen molar-refractivity contribution in [2.45, 2.75) is 13.1 Å². The zero-order valence-electron chi connectivity index (χ0n) is 10.2. The maximum absolute atomic E-state index is 12.1. The molecule has 0 spiro atoms. The molecule has 6 heteroatoms. The number of imidazole rings is 1. The minimum Gasteiger partial charge on any atom is -0.335 e. The van der Waals surface area contributed by atoms with E-state index in [0.717, 1.165) is 4.88 Å². The van der Waals surface area contributed by atoms with Crippen molar-refractivity contribution in [1.82, 2.24) is 14.5 Å². The largest absolute Gasteiger partial charge is 0.335 e. The van der Waals surface area contributed by atoms with Crippen LogP contribution >= 0.6 is 11.3 Å². The van der Waals surface area contributed by atoms with Gasteiger partial charge < -0.3 is 15.2 Å². The molecule has 5 nitrogen and oxygen atoms in total. The Balaban J connectivity index is 2.01. The molecule has 0 aromatic carbocycles. The zero-order valence-corrected chi connectivity index (χ0v) is 11.1. The first kappa shape index (κ1) is 12.8. The fraction of sp³-hybridized carbons (Fsp3) is 0.333. The molecule has 2 rings (SSSR count). The van der Waals surface area contributed by atoms with E-state index in [1.807, 2.05) is 22.1 Å². The molecule has 18 heavy (non-hydrogen) atoms. The van der Waals surface area contributed by atoms with Crippen molar-refractivity contribution >= 4 is 17.2 Å². The second-order valence-electron chi connectivity index (χ2n) is 4.03. The summed E-state index contributed by atoms with van der Waals surface area (Å²) < 4.78 is 1.83. The molecular formula is C12H16N4OS. The number of hydrogen-bond donors (Lipinski definition) is 1. The highest BCUT2D eigenvalue weighted by atomic mass is 32.1. The number of rotatable bonds is 5. The van der Waals surface area contributed by atoms with Gasteiger partial charge in [0.05, 0.1) is 12.9 Å². The number of thiophene rings is 1. The molecule has 2 aromatic rings. The van der Waals surface area contributed by atoms with E-state index in [2.05, 4.69) is 4.98 Å². The molecule has 0 radical (unpaired) electrons. The van der Waals surface area contributed by atoms with Gasteiger partial charge in [0, 0.05) is 31.2 Å². The number of aromatic nitrogens is 2. The van der Waals surface area contributed by atoms with Crippen molar-refractivity contribution in [3.8, 4) is 0 Å². The fourth-order valence-electron chi connectivity index (χ4n) is 1.65. The van der Waals surface area contributed by atoms with Gasteiger partial charge in [-0.15, -0.1) is 11.3 Å². The molecule has 0 atom stereocenters. The molecule has 2 heterocycles. The van der Waals surface area contributed by atoms with Crippen LogP contribution in [-0.2, 0) is 13.1 Å². The van der Waals surface area contributed by atoms with E-state index in [1.54, 1.807) is 35.8 Å². The van der Waals surface area contributed by atoms with Gasteiger partial charge in [-0.05, 0) is 11.4 Å². The Hall–Kier alpha value is -1.66. The van der Waals surface area contributed by atoms with Crippen LogP contribution < -0.4 is 5.73 Å². The lowest BCUT2D eigenvalue weighted by Crippen LogP contribution is -2.26. The summed E-state index contributed by atoms with van der Waals surface area (Å²) in [4.78, 5) is 19.0. The zero-order chi connectivity index (χ0) is 13.0. The monoisotopic (exact) mass is 264 g/mol. The lowest BCUT2D eigenvalue weighted by Gasteiger charge is -2.14. The predicted molar refractivity (Wildman–Crippen MR) is 71.4 cm³/mol. The van der Waals surface area contributed by atoms with Crippen LogP contribution in [0.1, 0.15) is 15.4 Å². The number of amides is 1. The minimum absolute atomic E-state index is 0.0702. The second kappa shape index (κ2) is 5.79.